The van der Waals surface area contributed by atoms with E-state index < -0.39 is 29.4 Å². The number of methoxy groups -OCH3 is 1. The molecular formula is C31H34N4O6. The van der Waals surface area contributed by atoms with E-state index in [0.29, 0.717) is 60.6 Å². The lowest BCUT2D eigenvalue weighted by Crippen LogP contribution is -2.55. The van der Waals surface area contributed by atoms with Crippen LogP contribution < -0.4 is 25.8 Å². The van der Waals surface area contributed by atoms with Gasteiger partial charge in [0.2, 0.25) is 5.91 Å². The zero-order chi connectivity index (χ0) is 29.4. The second-order valence-corrected chi connectivity index (χ2v) is 9.91. The molecule has 0 saturated heterocycles. The quantitative estimate of drug-likeness (QED) is 0.118. The first kappa shape index (κ1) is 29.1. The Kier molecular flexibility index (Phi) is 9.23. The summed E-state index contributed by atoms with van der Waals surface area (Å²) in [4.78, 5) is 38.3. The summed E-state index contributed by atoms with van der Waals surface area (Å²) >= 11 is 0. The highest BCUT2D eigenvalue weighted by Gasteiger charge is 2.45. The molecule has 3 aromatic rings. The summed E-state index contributed by atoms with van der Waals surface area (Å²) in [7, 11) is 1.52. The summed E-state index contributed by atoms with van der Waals surface area (Å²) in [5.74, 6) is -1.12. The van der Waals surface area contributed by atoms with Gasteiger partial charge in [-0.15, -0.1) is 0 Å². The Morgan fingerprint density at radius 1 is 0.976 bits per heavy atom. The smallest absolute Gasteiger partial charge is 0.339 e. The number of benzene rings is 3. The molecule has 5 N–H and O–H groups in total. The standard InChI is InChI=1S/C31H34N4O6/c1-20(36)41-30(38)31(16-6-7-17-31)35-29(37)27(34-24-13-10-22(11-14-24)28(32)33)23-12-15-25(26(18-23)39-2)40-19-21-8-4-3-5-9-21/h3-5,8-15,18,27,34H,6-7,16-17,19H2,1-2H3,(H3,32,33)(H,35,37). The molecule has 1 fully saturated rings. The van der Waals surface area contributed by atoms with Crippen LogP contribution in [0.15, 0.2) is 72.8 Å². The lowest BCUT2D eigenvalue weighted by Gasteiger charge is -2.30. The van der Waals surface area contributed by atoms with Crippen molar-refractivity contribution in [2.24, 2.45) is 5.73 Å². The summed E-state index contributed by atoms with van der Waals surface area (Å²) in [6.45, 7) is 1.49. The molecule has 3 aromatic carbocycles. The van der Waals surface area contributed by atoms with Gasteiger partial charge in [-0.3, -0.25) is 15.0 Å². The Morgan fingerprint density at radius 3 is 2.27 bits per heavy atom. The van der Waals surface area contributed by atoms with Crippen LogP contribution in [0, 0.1) is 5.41 Å². The maximum absolute atomic E-state index is 13.9. The van der Waals surface area contributed by atoms with Gasteiger partial charge < -0.3 is 30.6 Å². The third-order valence-corrected chi connectivity index (χ3v) is 6.97. The number of anilines is 1. The molecule has 1 saturated carbocycles. The Balaban J connectivity index is 1.64. The van der Waals surface area contributed by atoms with Crippen molar-refractivity contribution in [2.45, 2.75) is 50.8 Å². The molecule has 1 atom stereocenters. The Morgan fingerprint density at radius 2 is 1.66 bits per heavy atom. The van der Waals surface area contributed by atoms with Crippen LogP contribution in [0.5, 0.6) is 11.5 Å². The number of carbonyl (C=O) groups excluding carboxylic acids is 3. The zero-order valence-electron chi connectivity index (χ0n) is 23.1. The van der Waals surface area contributed by atoms with E-state index in [0.717, 1.165) is 12.5 Å². The average molecular weight is 559 g/mol. The van der Waals surface area contributed by atoms with Crippen LogP contribution in [0.1, 0.15) is 55.3 Å². The highest BCUT2D eigenvalue weighted by molar-refractivity contribution is 5.97. The largest absolute Gasteiger partial charge is 0.493 e. The molecule has 0 aliphatic heterocycles. The molecule has 0 bridgehead atoms. The molecule has 1 unspecified atom stereocenters. The minimum atomic E-state index is -1.30. The molecule has 0 radical (unpaired) electrons. The van der Waals surface area contributed by atoms with E-state index in [1.165, 1.54) is 7.11 Å². The molecule has 10 heteroatoms. The molecular weight excluding hydrogens is 524 g/mol. The SMILES string of the molecule is COc1cc(C(Nc2ccc(C(=N)N)cc2)C(=O)NC2(C(=O)OC(C)=O)CCCC2)ccc1OCc1ccccc1. The van der Waals surface area contributed by atoms with E-state index in [2.05, 4.69) is 10.6 Å². The second-order valence-electron chi connectivity index (χ2n) is 9.91. The van der Waals surface area contributed by atoms with Crippen molar-refractivity contribution in [1.29, 1.82) is 5.41 Å². The maximum Gasteiger partial charge on any atom is 0.339 e. The van der Waals surface area contributed by atoms with Crippen LogP contribution in [-0.2, 0) is 25.7 Å². The number of nitrogen functional groups attached to an aromatic ring is 1. The van der Waals surface area contributed by atoms with Crippen molar-refractivity contribution in [1.82, 2.24) is 5.32 Å². The van der Waals surface area contributed by atoms with E-state index in [1.54, 1.807) is 42.5 Å². The van der Waals surface area contributed by atoms with Crippen molar-refractivity contribution in [3.63, 3.8) is 0 Å². The number of rotatable bonds is 11. The first-order valence-corrected chi connectivity index (χ1v) is 13.3. The highest BCUT2D eigenvalue weighted by atomic mass is 16.6. The molecule has 4 rings (SSSR count). The summed E-state index contributed by atoms with van der Waals surface area (Å²) in [5, 5.41) is 13.8. The van der Waals surface area contributed by atoms with E-state index in [4.69, 9.17) is 25.4 Å². The van der Waals surface area contributed by atoms with E-state index in [9.17, 15) is 14.4 Å². The molecule has 0 spiro atoms. The predicted molar refractivity (Wildman–Crippen MR) is 154 cm³/mol. The van der Waals surface area contributed by atoms with Gasteiger partial charge in [0.05, 0.1) is 7.11 Å². The van der Waals surface area contributed by atoms with E-state index in [-0.39, 0.29) is 5.84 Å². The fraction of sp³-hybridized carbons (Fsp3) is 0.290. The van der Waals surface area contributed by atoms with Crippen LogP contribution in [-0.4, -0.2) is 36.3 Å². The molecule has 1 amide bonds. The van der Waals surface area contributed by atoms with Gasteiger partial charge in [-0.2, -0.15) is 0 Å². The first-order valence-electron chi connectivity index (χ1n) is 13.3. The van der Waals surface area contributed by atoms with Crippen LogP contribution in [0.3, 0.4) is 0 Å². The van der Waals surface area contributed by atoms with Gasteiger partial charge in [0, 0.05) is 18.2 Å². The molecule has 0 heterocycles. The molecule has 10 nitrogen and oxygen atoms in total. The van der Waals surface area contributed by atoms with Crippen LogP contribution in [0.2, 0.25) is 0 Å². The summed E-state index contributed by atoms with van der Waals surface area (Å²) in [5.41, 5.74) is 6.95. The maximum atomic E-state index is 13.9. The number of nitrogens with two attached hydrogens (primary N) is 1. The second kappa shape index (κ2) is 13.0. The molecule has 1 aliphatic carbocycles. The van der Waals surface area contributed by atoms with Crippen LogP contribution in [0.4, 0.5) is 5.69 Å². The summed E-state index contributed by atoms with van der Waals surface area (Å²) in [6.07, 6.45) is 2.14. The fourth-order valence-corrected chi connectivity index (χ4v) is 4.83. The number of nitrogens with one attached hydrogen (secondary N) is 3. The van der Waals surface area contributed by atoms with Gasteiger partial charge in [0.25, 0.3) is 0 Å². The van der Waals surface area contributed by atoms with E-state index >= 15 is 0 Å². The van der Waals surface area contributed by atoms with Crippen molar-refractivity contribution < 1.29 is 28.6 Å². The summed E-state index contributed by atoms with van der Waals surface area (Å²) < 4.78 is 16.5. The molecule has 1 aliphatic rings. The average Bonchev–Trinajstić information content (AvgIpc) is 3.45. The van der Waals surface area contributed by atoms with Gasteiger partial charge in [0.15, 0.2) is 11.5 Å². The summed E-state index contributed by atoms with van der Waals surface area (Å²) in [6, 6.07) is 20.7. The van der Waals surface area contributed by atoms with E-state index in [1.807, 2.05) is 30.3 Å². The molecule has 214 valence electrons. The monoisotopic (exact) mass is 558 g/mol. The lowest BCUT2D eigenvalue weighted by atomic mass is 9.95. The number of ether oxygens (including phenoxy) is 3. The van der Waals surface area contributed by atoms with Gasteiger partial charge in [-0.05, 0) is 60.4 Å². The van der Waals surface area contributed by atoms with Crippen LogP contribution >= 0.6 is 0 Å². The van der Waals surface area contributed by atoms with Gasteiger partial charge in [-0.25, -0.2) is 4.79 Å². The van der Waals surface area contributed by atoms with Crippen molar-refractivity contribution in [2.75, 3.05) is 12.4 Å². The van der Waals surface area contributed by atoms with Crippen molar-refractivity contribution in [3.05, 3.63) is 89.5 Å². The Labute approximate surface area is 238 Å². The van der Waals surface area contributed by atoms with Gasteiger partial charge in [-0.1, -0.05) is 49.2 Å². The molecule has 0 aromatic heterocycles. The minimum absolute atomic E-state index is 0.0752. The highest BCUT2D eigenvalue weighted by Crippen LogP contribution is 2.35. The number of hydrogen-bond donors (Lipinski definition) is 4. The Bertz CT molecular complexity index is 1400. The number of amides is 1. The zero-order valence-corrected chi connectivity index (χ0v) is 23.1. The van der Waals surface area contributed by atoms with Gasteiger partial charge >= 0.3 is 11.9 Å². The normalized spacial score (nSPS) is 14.4. The number of amidine groups is 1. The lowest BCUT2D eigenvalue weighted by molar-refractivity contribution is -0.164. The first-order chi connectivity index (χ1) is 19.7. The fourth-order valence-electron chi connectivity index (χ4n) is 4.83. The number of carbonyl (C=O) groups is 3. The number of hydrogen-bond acceptors (Lipinski definition) is 8. The molecule has 41 heavy (non-hydrogen) atoms. The van der Waals surface area contributed by atoms with Crippen LogP contribution in [0.25, 0.3) is 0 Å². The Hall–Kier alpha value is -4.86. The minimum Gasteiger partial charge on any atom is -0.493 e. The predicted octanol–water partition coefficient (Wildman–Crippen LogP) is 4.23. The van der Waals surface area contributed by atoms with Crippen molar-refractivity contribution in [3.8, 4) is 11.5 Å². The van der Waals surface area contributed by atoms with Crippen molar-refractivity contribution >= 4 is 29.4 Å². The number of esters is 2. The topological polar surface area (TPSA) is 153 Å². The third kappa shape index (κ3) is 7.21. The van der Waals surface area contributed by atoms with Gasteiger partial charge in [0.1, 0.15) is 24.0 Å². The third-order valence-electron chi connectivity index (χ3n) is 6.97.